The molecule has 6 nitrogen and oxygen atoms in total. The lowest BCUT2D eigenvalue weighted by molar-refractivity contribution is 0.0527. The molecule has 0 aliphatic heterocycles. The molecule has 1 heterocycles. The Labute approximate surface area is 201 Å². The summed E-state index contributed by atoms with van der Waals surface area (Å²) in [5.41, 5.74) is 3.96. The molecule has 4 N–H and O–H groups in total. The van der Waals surface area contributed by atoms with Gasteiger partial charge in [-0.1, -0.05) is 34.1 Å². The minimum absolute atomic E-state index is 0. The molecule has 3 rings (SSSR count). The number of rotatable bonds is 8. The van der Waals surface area contributed by atoms with Gasteiger partial charge in [-0.15, -0.1) is 24.2 Å². The van der Waals surface area contributed by atoms with E-state index in [1.165, 1.54) is 0 Å². The lowest BCUT2D eigenvalue weighted by Gasteiger charge is -2.17. The van der Waals surface area contributed by atoms with E-state index in [0.717, 1.165) is 37.1 Å². The number of aromatic amines is 1. The van der Waals surface area contributed by atoms with Gasteiger partial charge in [0.05, 0.1) is 18.8 Å². The number of H-pyrrole nitrogens is 1. The van der Waals surface area contributed by atoms with Crippen LogP contribution in [0.4, 0.5) is 0 Å². The highest BCUT2D eigenvalue weighted by Gasteiger charge is 2.25. The summed E-state index contributed by atoms with van der Waals surface area (Å²) >= 11 is 5.24. The monoisotopic (exact) mass is 530 g/mol. The Morgan fingerprint density at radius 2 is 1.90 bits per heavy atom. The summed E-state index contributed by atoms with van der Waals surface area (Å²) in [5, 5.41) is 10.8. The summed E-state index contributed by atoms with van der Waals surface area (Å²) in [4.78, 5) is 19.5. The third kappa shape index (κ3) is 6.25. The quantitative estimate of drug-likeness (QED) is 0.328. The van der Waals surface area contributed by atoms with E-state index >= 15 is 0 Å². The third-order valence-corrected chi connectivity index (χ3v) is 6.32. The summed E-state index contributed by atoms with van der Waals surface area (Å²) in [7, 11) is 3.94. The zero-order valence-electron chi connectivity index (χ0n) is 17.7. The summed E-state index contributed by atoms with van der Waals surface area (Å²) in [6.07, 6.45) is 0. The number of aliphatic hydroxyl groups is 1. The molecule has 0 aliphatic rings. The minimum Gasteiger partial charge on any atom is -0.462 e. The first kappa shape index (κ1) is 27.5. The number of hydrogen-bond donors (Lipinski definition) is 2. The highest BCUT2D eigenvalue weighted by Crippen LogP contribution is 2.36. The summed E-state index contributed by atoms with van der Waals surface area (Å²) < 4.78 is 6.22. The molecule has 0 aliphatic carbocycles. The molecule has 9 heteroatoms. The number of benzene rings is 2. The summed E-state index contributed by atoms with van der Waals surface area (Å²) in [6, 6.07) is 12.0. The second-order valence-corrected chi connectivity index (χ2v) is 8.84. The van der Waals surface area contributed by atoms with E-state index in [-0.39, 0.29) is 30.5 Å². The fraction of sp³-hybridized carbons (Fsp3) is 0.318. The molecule has 0 saturated carbocycles. The van der Waals surface area contributed by atoms with Crippen LogP contribution >= 0.6 is 40.1 Å². The van der Waals surface area contributed by atoms with Crippen molar-refractivity contribution >= 4 is 57.0 Å². The van der Waals surface area contributed by atoms with Crippen LogP contribution in [0.5, 0.6) is 0 Å². The maximum atomic E-state index is 12.9. The average Bonchev–Trinajstić information content (AvgIpc) is 3.05. The molecule has 0 atom stereocenters. The number of carbonyl (C=O) groups excluding carboxylic acids is 1. The molecule has 0 unspecified atom stereocenters. The lowest BCUT2D eigenvalue weighted by atomic mass is 9.99. The molecule has 0 bridgehead atoms. The van der Waals surface area contributed by atoms with E-state index in [1.807, 2.05) is 50.2 Å². The number of nitrogens with one attached hydrogen (secondary N) is 1. The van der Waals surface area contributed by atoms with E-state index in [0.29, 0.717) is 24.5 Å². The van der Waals surface area contributed by atoms with Crippen LogP contribution in [0.25, 0.3) is 10.9 Å². The van der Waals surface area contributed by atoms with E-state index in [4.69, 9.17) is 4.74 Å². The highest BCUT2D eigenvalue weighted by atomic mass is 79.9. The van der Waals surface area contributed by atoms with Gasteiger partial charge in [0.2, 0.25) is 0 Å². The largest absolute Gasteiger partial charge is 0.462 e. The standard InChI is InChI=1S/C22H25BrN2O3S.ClH.H2O/c1-4-28-22(27)21-19(13-29-14-8-6-5-7-9-14)24-18-10-17(23)16(12-26)15(20(18)21)11-25(2)3;;/h5-10,24,26H,4,11-13H2,1-3H3;1H;1H2. The third-order valence-electron chi connectivity index (χ3n) is 4.57. The van der Waals surface area contributed by atoms with Crippen molar-refractivity contribution in [1.29, 1.82) is 0 Å². The molecule has 0 amide bonds. The van der Waals surface area contributed by atoms with Crippen molar-refractivity contribution in [3.05, 3.63) is 63.3 Å². The Hall–Kier alpha value is -1.55. The first-order valence-corrected chi connectivity index (χ1v) is 11.2. The number of esters is 1. The molecule has 31 heavy (non-hydrogen) atoms. The van der Waals surface area contributed by atoms with Crippen LogP contribution < -0.4 is 0 Å². The summed E-state index contributed by atoms with van der Waals surface area (Å²) in [5.74, 6) is 0.272. The number of fused-ring (bicyclic) bond motifs is 1. The number of aliphatic hydroxyl groups excluding tert-OH is 1. The van der Waals surface area contributed by atoms with Crippen LogP contribution in [0.15, 0.2) is 45.8 Å². The molecule has 170 valence electrons. The zero-order chi connectivity index (χ0) is 21.0. The van der Waals surface area contributed by atoms with Gasteiger partial charge in [0, 0.05) is 38.3 Å². The first-order chi connectivity index (χ1) is 14.0. The predicted molar refractivity (Wildman–Crippen MR) is 132 cm³/mol. The molecular weight excluding hydrogens is 504 g/mol. The van der Waals surface area contributed by atoms with Crippen LogP contribution in [0.1, 0.15) is 34.1 Å². The Kier molecular flexibility index (Phi) is 11.1. The number of thioether (sulfide) groups is 1. The smallest absolute Gasteiger partial charge is 0.340 e. The zero-order valence-corrected chi connectivity index (χ0v) is 20.9. The normalized spacial score (nSPS) is 10.6. The van der Waals surface area contributed by atoms with Crippen molar-refractivity contribution in [2.75, 3.05) is 20.7 Å². The van der Waals surface area contributed by atoms with E-state index in [2.05, 4.69) is 33.0 Å². The predicted octanol–water partition coefficient (Wildman–Crippen LogP) is 4.55. The van der Waals surface area contributed by atoms with Gasteiger partial charge in [0.15, 0.2) is 0 Å². The Balaban J connectivity index is 0.00000240. The van der Waals surface area contributed by atoms with Crippen molar-refractivity contribution < 1.29 is 20.1 Å². The molecule has 0 spiro atoms. The van der Waals surface area contributed by atoms with Gasteiger partial charge >= 0.3 is 5.97 Å². The van der Waals surface area contributed by atoms with Crippen LogP contribution in [0, 0.1) is 0 Å². The number of hydrogen-bond acceptors (Lipinski definition) is 5. The summed E-state index contributed by atoms with van der Waals surface area (Å²) in [6.45, 7) is 2.60. The van der Waals surface area contributed by atoms with Gasteiger partial charge in [-0.05, 0) is 50.3 Å². The van der Waals surface area contributed by atoms with Crippen LogP contribution in [-0.4, -0.2) is 47.1 Å². The van der Waals surface area contributed by atoms with Crippen molar-refractivity contribution in [3.8, 4) is 0 Å². The van der Waals surface area contributed by atoms with E-state index in [9.17, 15) is 9.90 Å². The number of halogens is 2. The second-order valence-electron chi connectivity index (χ2n) is 6.93. The highest BCUT2D eigenvalue weighted by molar-refractivity contribution is 9.10. The van der Waals surface area contributed by atoms with Gasteiger partial charge in [0.25, 0.3) is 0 Å². The van der Waals surface area contributed by atoms with Gasteiger partial charge in [-0.2, -0.15) is 0 Å². The molecule has 0 fully saturated rings. The fourth-order valence-electron chi connectivity index (χ4n) is 3.37. The van der Waals surface area contributed by atoms with Crippen LogP contribution in [0.2, 0.25) is 0 Å². The van der Waals surface area contributed by atoms with Gasteiger partial charge in [-0.3, -0.25) is 0 Å². The van der Waals surface area contributed by atoms with Crippen molar-refractivity contribution in [2.24, 2.45) is 0 Å². The number of carbonyl (C=O) groups is 1. The van der Waals surface area contributed by atoms with Crippen LogP contribution in [-0.2, 0) is 23.6 Å². The van der Waals surface area contributed by atoms with Gasteiger partial charge < -0.3 is 25.2 Å². The molecule has 0 saturated heterocycles. The maximum absolute atomic E-state index is 12.9. The molecule has 2 aromatic carbocycles. The number of aromatic nitrogens is 1. The van der Waals surface area contributed by atoms with Crippen LogP contribution in [0.3, 0.4) is 0 Å². The number of ether oxygens (including phenoxy) is 1. The van der Waals surface area contributed by atoms with Crippen molar-refractivity contribution in [3.63, 3.8) is 0 Å². The topological polar surface area (TPSA) is 97.1 Å². The SMILES string of the molecule is CCOC(=O)c1c(CSc2ccccc2)[nH]c2cc(Br)c(CO)c(CN(C)C)c12.Cl.O. The van der Waals surface area contributed by atoms with E-state index in [1.54, 1.807) is 11.8 Å². The second kappa shape index (κ2) is 12.5. The lowest BCUT2D eigenvalue weighted by Crippen LogP contribution is -2.14. The van der Waals surface area contributed by atoms with Gasteiger partial charge in [-0.25, -0.2) is 4.79 Å². The Morgan fingerprint density at radius 1 is 1.23 bits per heavy atom. The number of nitrogens with zero attached hydrogens (tertiary/aromatic N) is 1. The van der Waals surface area contributed by atoms with Crippen molar-refractivity contribution in [2.45, 2.75) is 30.7 Å². The average molecular weight is 532 g/mol. The Bertz CT molecular complexity index is 1010. The molecule has 1 aromatic heterocycles. The molecule has 3 aromatic rings. The fourth-order valence-corrected chi connectivity index (χ4v) is 4.85. The van der Waals surface area contributed by atoms with Gasteiger partial charge in [0.1, 0.15) is 0 Å². The molecule has 0 radical (unpaired) electrons. The van der Waals surface area contributed by atoms with E-state index < -0.39 is 0 Å². The van der Waals surface area contributed by atoms with Crippen molar-refractivity contribution in [1.82, 2.24) is 9.88 Å². The minimum atomic E-state index is -0.339. The Morgan fingerprint density at radius 3 is 2.48 bits per heavy atom. The molecular formula is C22H28BrClN2O4S. The maximum Gasteiger partial charge on any atom is 0.340 e. The first-order valence-electron chi connectivity index (χ1n) is 9.41.